The van der Waals surface area contributed by atoms with Crippen LogP contribution in [-0.2, 0) is 16.1 Å². The summed E-state index contributed by atoms with van der Waals surface area (Å²) in [7, 11) is 0. The van der Waals surface area contributed by atoms with Gasteiger partial charge >= 0.3 is 0 Å². The molecule has 3 saturated heterocycles. The smallest absolute Gasteiger partial charge is 0.225 e. The molecule has 1 aromatic heterocycles. The van der Waals surface area contributed by atoms with Gasteiger partial charge in [0.15, 0.2) is 0 Å². The van der Waals surface area contributed by atoms with Gasteiger partial charge in [0.1, 0.15) is 5.82 Å². The molecule has 4 heterocycles. The fraction of sp³-hybridized carbons (Fsp3) is 0.826. The highest BCUT2D eigenvalue weighted by Gasteiger charge is 2.62. The highest BCUT2D eigenvalue weighted by atomic mass is 16.5. The van der Waals surface area contributed by atoms with Gasteiger partial charge in [-0.2, -0.15) is 0 Å². The normalized spacial score (nSPS) is 34.0. The first-order chi connectivity index (χ1) is 13.9. The molecule has 1 aliphatic carbocycles. The number of amides is 1. The van der Waals surface area contributed by atoms with Crippen LogP contribution in [0, 0.1) is 17.3 Å². The molecule has 4 aliphatic rings. The topological polar surface area (TPSA) is 59.4 Å². The van der Waals surface area contributed by atoms with Crippen molar-refractivity contribution in [1.29, 1.82) is 0 Å². The van der Waals surface area contributed by atoms with Crippen LogP contribution in [0.3, 0.4) is 0 Å². The van der Waals surface area contributed by atoms with Gasteiger partial charge in [-0.05, 0) is 32.1 Å². The van der Waals surface area contributed by atoms with Crippen molar-refractivity contribution in [1.82, 2.24) is 19.8 Å². The molecule has 1 aromatic rings. The van der Waals surface area contributed by atoms with Gasteiger partial charge in [-0.1, -0.05) is 27.2 Å². The number of rotatable bonds is 8. The van der Waals surface area contributed by atoms with E-state index < -0.39 is 0 Å². The number of nitrogens with one attached hydrogen (secondary N) is 1. The van der Waals surface area contributed by atoms with Crippen LogP contribution in [0.4, 0.5) is 0 Å². The summed E-state index contributed by atoms with van der Waals surface area (Å²) in [4.78, 5) is 19.9. The van der Waals surface area contributed by atoms with Crippen molar-refractivity contribution in [2.75, 3.05) is 19.6 Å². The predicted molar refractivity (Wildman–Crippen MR) is 111 cm³/mol. The summed E-state index contributed by atoms with van der Waals surface area (Å²) < 4.78 is 8.95. The largest absolute Gasteiger partial charge is 0.370 e. The highest BCUT2D eigenvalue weighted by molar-refractivity contribution is 5.81. The molecule has 6 heteroatoms. The number of likely N-dealkylation sites (tertiary alicyclic amines) is 1. The zero-order chi connectivity index (χ0) is 20.2. The molecule has 4 fully saturated rings. The first-order valence-electron chi connectivity index (χ1n) is 11.6. The summed E-state index contributed by atoms with van der Waals surface area (Å²) in [6.07, 6.45) is 11.3. The zero-order valence-electron chi connectivity index (χ0n) is 18.2. The molecule has 2 bridgehead atoms. The van der Waals surface area contributed by atoms with E-state index in [1.54, 1.807) is 0 Å². The molecule has 1 spiro atoms. The minimum Gasteiger partial charge on any atom is -0.370 e. The van der Waals surface area contributed by atoms with Crippen molar-refractivity contribution in [3.63, 3.8) is 0 Å². The van der Waals surface area contributed by atoms with Gasteiger partial charge in [-0.15, -0.1) is 0 Å². The maximum atomic E-state index is 12.7. The second kappa shape index (κ2) is 7.09. The first kappa shape index (κ1) is 19.6. The molecule has 4 atom stereocenters. The van der Waals surface area contributed by atoms with Crippen LogP contribution in [0.2, 0.25) is 0 Å². The SMILES string of the molecule is CCCC(C)(C)C(=O)NC[C@H]1[C@H]2CN(Cc3nccn3C3CC3)C[C@]23CC[C@H]1O3. The lowest BCUT2D eigenvalue weighted by molar-refractivity contribution is -0.130. The average molecular weight is 401 g/mol. The van der Waals surface area contributed by atoms with E-state index in [1.165, 1.54) is 25.1 Å². The lowest BCUT2D eigenvalue weighted by Crippen LogP contribution is -2.45. The molecular formula is C23H36N4O2. The number of aromatic nitrogens is 2. The molecule has 0 unspecified atom stereocenters. The van der Waals surface area contributed by atoms with E-state index >= 15 is 0 Å². The van der Waals surface area contributed by atoms with E-state index in [0.717, 1.165) is 45.4 Å². The van der Waals surface area contributed by atoms with E-state index in [9.17, 15) is 4.79 Å². The summed E-state index contributed by atoms with van der Waals surface area (Å²) >= 11 is 0. The minimum atomic E-state index is -0.285. The number of nitrogens with zero attached hydrogens (tertiary/aromatic N) is 3. The van der Waals surface area contributed by atoms with E-state index in [1.807, 2.05) is 6.20 Å². The zero-order valence-corrected chi connectivity index (χ0v) is 18.2. The van der Waals surface area contributed by atoms with Crippen LogP contribution in [0.1, 0.15) is 71.2 Å². The molecule has 1 saturated carbocycles. The van der Waals surface area contributed by atoms with Crippen molar-refractivity contribution in [3.05, 3.63) is 18.2 Å². The summed E-state index contributed by atoms with van der Waals surface area (Å²) in [5, 5.41) is 3.28. The third-order valence-corrected chi connectivity index (χ3v) is 7.90. The van der Waals surface area contributed by atoms with E-state index in [2.05, 4.69) is 46.7 Å². The summed E-state index contributed by atoms with van der Waals surface area (Å²) in [5.41, 5.74) is -0.275. The predicted octanol–water partition coefficient (Wildman–Crippen LogP) is 3.14. The molecule has 1 amide bonds. The first-order valence-corrected chi connectivity index (χ1v) is 11.6. The van der Waals surface area contributed by atoms with Gasteiger partial charge in [-0.25, -0.2) is 4.98 Å². The van der Waals surface area contributed by atoms with E-state index in [0.29, 0.717) is 24.0 Å². The molecule has 29 heavy (non-hydrogen) atoms. The van der Waals surface area contributed by atoms with Gasteiger partial charge in [-0.3, -0.25) is 9.69 Å². The van der Waals surface area contributed by atoms with Crippen LogP contribution in [0.5, 0.6) is 0 Å². The monoisotopic (exact) mass is 400 g/mol. The minimum absolute atomic E-state index is 0.00992. The van der Waals surface area contributed by atoms with Gasteiger partial charge in [0, 0.05) is 55.3 Å². The maximum Gasteiger partial charge on any atom is 0.225 e. The Kier molecular flexibility index (Phi) is 4.78. The molecule has 160 valence electrons. The van der Waals surface area contributed by atoms with Crippen molar-refractivity contribution in [3.8, 4) is 0 Å². The van der Waals surface area contributed by atoms with Crippen LogP contribution in [0.25, 0.3) is 0 Å². The summed E-state index contributed by atoms with van der Waals surface area (Å²) in [5.74, 6) is 2.36. The van der Waals surface area contributed by atoms with Gasteiger partial charge in [0.05, 0.1) is 18.2 Å². The van der Waals surface area contributed by atoms with Gasteiger partial charge < -0.3 is 14.6 Å². The van der Waals surface area contributed by atoms with E-state index in [-0.39, 0.29) is 16.9 Å². The number of hydrogen-bond acceptors (Lipinski definition) is 4. The van der Waals surface area contributed by atoms with Crippen molar-refractivity contribution >= 4 is 5.91 Å². The molecule has 1 N–H and O–H groups in total. The van der Waals surface area contributed by atoms with Crippen molar-refractivity contribution in [2.45, 2.75) is 83.6 Å². The standard InChI is InChI=1S/C23H36N4O2/c1-4-8-22(2,3)21(28)25-12-17-18-13-26(15-23(18)9-7-19(17)29-23)14-20-24-10-11-27(20)16-5-6-16/h10-11,16-19H,4-9,12-15H2,1-3H3,(H,25,28)/t17-,18+,19+,23+/m0/s1. The Balaban J connectivity index is 1.23. The maximum absolute atomic E-state index is 12.7. The lowest BCUT2D eigenvalue weighted by Gasteiger charge is -2.31. The van der Waals surface area contributed by atoms with Crippen molar-refractivity contribution < 1.29 is 9.53 Å². The summed E-state index contributed by atoms with van der Waals surface area (Å²) in [6.45, 7) is 10.0. The Labute approximate surface area is 174 Å². The Hall–Kier alpha value is -1.40. The molecule has 5 rings (SSSR count). The van der Waals surface area contributed by atoms with Crippen LogP contribution >= 0.6 is 0 Å². The number of imidazole rings is 1. The second-order valence-electron chi connectivity index (χ2n) is 10.5. The number of ether oxygens (including phenoxy) is 1. The number of hydrogen-bond donors (Lipinski definition) is 1. The Morgan fingerprint density at radius 2 is 2.21 bits per heavy atom. The molecular weight excluding hydrogens is 364 g/mol. The Morgan fingerprint density at radius 1 is 1.38 bits per heavy atom. The molecule has 0 radical (unpaired) electrons. The van der Waals surface area contributed by atoms with Crippen LogP contribution in [0.15, 0.2) is 12.4 Å². The lowest BCUT2D eigenvalue weighted by atomic mass is 9.73. The van der Waals surface area contributed by atoms with E-state index in [4.69, 9.17) is 4.74 Å². The third kappa shape index (κ3) is 3.42. The molecule has 6 nitrogen and oxygen atoms in total. The quantitative estimate of drug-likeness (QED) is 0.728. The van der Waals surface area contributed by atoms with Gasteiger partial charge in [0.2, 0.25) is 5.91 Å². The average Bonchev–Trinajstić information content (AvgIpc) is 3.02. The van der Waals surface area contributed by atoms with Crippen LogP contribution in [-0.4, -0.2) is 51.7 Å². The number of fused-ring (bicyclic) bond motifs is 1. The fourth-order valence-electron chi connectivity index (χ4n) is 6.22. The summed E-state index contributed by atoms with van der Waals surface area (Å²) in [6, 6.07) is 0.675. The van der Waals surface area contributed by atoms with Crippen molar-refractivity contribution in [2.24, 2.45) is 17.3 Å². The molecule has 3 aliphatic heterocycles. The van der Waals surface area contributed by atoms with Crippen LogP contribution < -0.4 is 5.32 Å². The fourth-order valence-corrected chi connectivity index (χ4v) is 6.22. The number of carbonyl (C=O) groups excluding carboxylic acids is 1. The Morgan fingerprint density at radius 3 is 2.97 bits per heavy atom. The Bertz CT molecular complexity index is 771. The second-order valence-corrected chi connectivity index (χ2v) is 10.5. The van der Waals surface area contributed by atoms with Gasteiger partial charge in [0.25, 0.3) is 0 Å². The molecule has 0 aromatic carbocycles. The highest BCUT2D eigenvalue weighted by Crippen LogP contribution is 2.54. The third-order valence-electron chi connectivity index (χ3n) is 7.90. The number of carbonyl (C=O) groups is 1.